The van der Waals surface area contributed by atoms with Crippen LogP contribution in [-0.4, -0.2) is 26.1 Å². The fourth-order valence-electron chi connectivity index (χ4n) is 2.61. The zero-order valence-electron chi connectivity index (χ0n) is 14.6. The number of rotatable bonds is 6. The Bertz CT molecular complexity index is 1080. The maximum atomic E-state index is 12.6. The zero-order valence-corrected chi connectivity index (χ0v) is 14.6. The van der Waals surface area contributed by atoms with Crippen LogP contribution in [0.5, 0.6) is 5.88 Å². The Morgan fingerprint density at radius 1 is 0.963 bits per heavy atom. The molecule has 4 rings (SSSR count). The summed E-state index contributed by atoms with van der Waals surface area (Å²) in [4.78, 5) is 21.3. The Morgan fingerprint density at radius 2 is 1.67 bits per heavy atom. The monoisotopic (exact) mass is 360 g/mol. The van der Waals surface area contributed by atoms with E-state index in [9.17, 15) is 4.79 Å². The number of hydrogen-bond acceptors (Lipinski definition) is 7. The molecule has 0 unspecified atom stereocenters. The number of ether oxygens (including phenoxy) is 1. The largest absolute Gasteiger partial charge is 0.471 e. The van der Waals surface area contributed by atoms with Crippen molar-refractivity contribution in [3.8, 4) is 5.88 Å². The van der Waals surface area contributed by atoms with Crippen LogP contribution in [0, 0.1) is 6.92 Å². The quantitative estimate of drug-likeness (QED) is 0.487. The number of fused-ring (bicyclic) bond motifs is 1. The summed E-state index contributed by atoms with van der Waals surface area (Å²) < 4.78 is 10.5. The smallest absolute Gasteiger partial charge is 0.246 e. The summed E-state index contributed by atoms with van der Waals surface area (Å²) in [5.74, 6) is 0.173. The standard InChI is InChI=1S/C20H16N4O3/c1-13-7-9-15(10-8-13)17(25)11-16-20(22-19-18(21-16)23-27-24-19)26-12-14-5-3-2-4-6-14/h2-10H,11-12H2,1H3. The third-order valence-corrected chi connectivity index (χ3v) is 4.07. The van der Waals surface area contributed by atoms with Gasteiger partial charge >= 0.3 is 0 Å². The van der Waals surface area contributed by atoms with Gasteiger partial charge in [-0.25, -0.2) is 9.61 Å². The van der Waals surface area contributed by atoms with Gasteiger partial charge in [0.1, 0.15) is 12.3 Å². The van der Waals surface area contributed by atoms with Crippen molar-refractivity contribution < 1.29 is 14.2 Å². The highest BCUT2D eigenvalue weighted by molar-refractivity contribution is 5.97. The van der Waals surface area contributed by atoms with Crippen LogP contribution in [0.15, 0.2) is 59.2 Å². The lowest BCUT2D eigenvalue weighted by Gasteiger charge is -2.09. The molecule has 0 atom stereocenters. The van der Waals surface area contributed by atoms with Crippen LogP contribution < -0.4 is 4.74 Å². The van der Waals surface area contributed by atoms with Gasteiger partial charge in [-0.1, -0.05) is 60.2 Å². The van der Waals surface area contributed by atoms with E-state index in [1.165, 1.54) is 0 Å². The number of aromatic nitrogens is 4. The molecule has 0 N–H and O–H groups in total. The van der Waals surface area contributed by atoms with Gasteiger partial charge in [-0.15, -0.1) is 0 Å². The summed E-state index contributed by atoms with van der Waals surface area (Å²) in [5.41, 5.74) is 3.56. The third-order valence-electron chi connectivity index (χ3n) is 4.07. The molecule has 0 radical (unpaired) electrons. The summed E-state index contributed by atoms with van der Waals surface area (Å²) in [5, 5.41) is 7.40. The highest BCUT2D eigenvalue weighted by atomic mass is 16.6. The van der Waals surface area contributed by atoms with Gasteiger partial charge in [-0.2, -0.15) is 4.98 Å². The predicted molar refractivity (Wildman–Crippen MR) is 97.4 cm³/mol. The molecule has 2 aromatic carbocycles. The van der Waals surface area contributed by atoms with Crippen LogP contribution in [0.4, 0.5) is 0 Å². The number of Topliss-reactive ketones (excluding diaryl/α,β-unsaturated/α-hetero) is 1. The molecule has 0 bridgehead atoms. The Balaban J connectivity index is 1.61. The fourth-order valence-corrected chi connectivity index (χ4v) is 2.61. The summed E-state index contributed by atoms with van der Waals surface area (Å²) in [6, 6.07) is 17.1. The molecule has 4 aromatic rings. The van der Waals surface area contributed by atoms with E-state index in [2.05, 4.69) is 24.9 Å². The van der Waals surface area contributed by atoms with Crippen LogP contribution in [0.25, 0.3) is 11.3 Å². The summed E-state index contributed by atoms with van der Waals surface area (Å²) in [7, 11) is 0. The second kappa shape index (κ2) is 7.33. The molecule has 7 nitrogen and oxygen atoms in total. The molecule has 27 heavy (non-hydrogen) atoms. The van der Waals surface area contributed by atoms with Crippen molar-refractivity contribution in [2.75, 3.05) is 0 Å². The highest BCUT2D eigenvalue weighted by Gasteiger charge is 2.18. The summed E-state index contributed by atoms with van der Waals surface area (Å²) in [6.07, 6.45) is 0.0446. The minimum absolute atomic E-state index is 0.0446. The van der Waals surface area contributed by atoms with Gasteiger partial charge in [-0.3, -0.25) is 4.79 Å². The number of benzene rings is 2. The molecule has 0 aliphatic carbocycles. The van der Waals surface area contributed by atoms with E-state index < -0.39 is 0 Å². The first kappa shape index (κ1) is 16.8. The first-order chi connectivity index (χ1) is 13.2. The Morgan fingerprint density at radius 3 is 2.41 bits per heavy atom. The van der Waals surface area contributed by atoms with E-state index in [0.717, 1.165) is 11.1 Å². The second-order valence-corrected chi connectivity index (χ2v) is 6.13. The van der Waals surface area contributed by atoms with Gasteiger partial charge in [0.15, 0.2) is 5.78 Å². The lowest BCUT2D eigenvalue weighted by Crippen LogP contribution is -2.09. The van der Waals surface area contributed by atoms with Crippen LogP contribution in [0.3, 0.4) is 0 Å². The Kier molecular flexibility index (Phi) is 4.57. The average Bonchev–Trinajstić information content (AvgIpc) is 3.14. The molecule has 0 saturated heterocycles. The van der Waals surface area contributed by atoms with Crippen LogP contribution in [-0.2, 0) is 13.0 Å². The summed E-state index contributed by atoms with van der Waals surface area (Å²) in [6.45, 7) is 2.28. The lowest BCUT2D eigenvalue weighted by molar-refractivity contribution is 0.0990. The van der Waals surface area contributed by atoms with Crippen molar-refractivity contribution >= 4 is 17.1 Å². The van der Waals surface area contributed by atoms with Crippen molar-refractivity contribution in [3.63, 3.8) is 0 Å². The lowest BCUT2D eigenvalue weighted by atomic mass is 10.1. The molecule has 134 valence electrons. The molecule has 0 saturated carbocycles. The molecule has 0 fully saturated rings. The first-order valence-electron chi connectivity index (χ1n) is 8.45. The molecule has 2 aromatic heterocycles. The number of aryl methyl sites for hydroxylation is 1. The predicted octanol–water partition coefficient (Wildman–Crippen LogP) is 3.33. The SMILES string of the molecule is Cc1ccc(C(=O)Cc2nc3nonc3nc2OCc2ccccc2)cc1. The Labute approximate surface area is 155 Å². The zero-order chi connectivity index (χ0) is 18.6. The maximum Gasteiger partial charge on any atom is 0.246 e. The van der Waals surface area contributed by atoms with Gasteiger partial charge in [0.2, 0.25) is 17.2 Å². The molecular formula is C20H16N4O3. The minimum atomic E-state index is -0.0790. The number of hydrogen-bond donors (Lipinski definition) is 0. The van der Waals surface area contributed by atoms with Crippen molar-refractivity contribution in [1.82, 2.24) is 20.3 Å². The van der Waals surface area contributed by atoms with Crippen LogP contribution in [0.1, 0.15) is 27.2 Å². The number of carbonyl (C=O) groups is 1. The maximum absolute atomic E-state index is 12.6. The van der Waals surface area contributed by atoms with Crippen molar-refractivity contribution in [1.29, 1.82) is 0 Å². The van der Waals surface area contributed by atoms with Gasteiger partial charge in [0.25, 0.3) is 0 Å². The highest BCUT2D eigenvalue weighted by Crippen LogP contribution is 2.20. The summed E-state index contributed by atoms with van der Waals surface area (Å²) >= 11 is 0. The second-order valence-electron chi connectivity index (χ2n) is 6.13. The molecule has 0 aliphatic heterocycles. The average molecular weight is 360 g/mol. The molecule has 0 amide bonds. The molecule has 0 spiro atoms. The van der Waals surface area contributed by atoms with Crippen LogP contribution in [0.2, 0.25) is 0 Å². The Hall–Kier alpha value is -3.61. The van der Waals surface area contributed by atoms with E-state index in [4.69, 9.17) is 4.74 Å². The van der Waals surface area contributed by atoms with Gasteiger partial charge < -0.3 is 4.74 Å². The first-order valence-corrected chi connectivity index (χ1v) is 8.45. The molecule has 2 heterocycles. The van der Waals surface area contributed by atoms with Crippen molar-refractivity contribution in [2.45, 2.75) is 20.0 Å². The normalized spacial score (nSPS) is 10.9. The molecular weight excluding hydrogens is 344 g/mol. The van der Waals surface area contributed by atoms with Gasteiger partial charge in [-0.05, 0) is 22.8 Å². The minimum Gasteiger partial charge on any atom is -0.471 e. The fraction of sp³-hybridized carbons (Fsp3) is 0.150. The number of nitrogens with zero attached hydrogens (tertiary/aromatic N) is 4. The van der Waals surface area contributed by atoms with Gasteiger partial charge in [0.05, 0.1) is 6.42 Å². The topological polar surface area (TPSA) is 91.0 Å². The van der Waals surface area contributed by atoms with E-state index in [1.807, 2.05) is 49.4 Å². The van der Waals surface area contributed by atoms with E-state index >= 15 is 0 Å². The van der Waals surface area contributed by atoms with E-state index in [0.29, 0.717) is 17.9 Å². The van der Waals surface area contributed by atoms with Gasteiger partial charge in [0, 0.05) is 5.56 Å². The van der Waals surface area contributed by atoms with E-state index in [1.54, 1.807) is 12.1 Å². The molecule has 0 aliphatic rings. The molecule has 7 heteroatoms. The van der Waals surface area contributed by atoms with Crippen LogP contribution >= 0.6 is 0 Å². The van der Waals surface area contributed by atoms with E-state index in [-0.39, 0.29) is 29.4 Å². The van der Waals surface area contributed by atoms with Crippen molar-refractivity contribution in [3.05, 3.63) is 77.0 Å². The van der Waals surface area contributed by atoms with Crippen molar-refractivity contribution in [2.24, 2.45) is 0 Å². The number of carbonyl (C=O) groups excluding carboxylic acids is 1. The number of ketones is 1. The third kappa shape index (κ3) is 3.82.